The summed E-state index contributed by atoms with van der Waals surface area (Å²) in [5, 5.41) is 9.07. The van der Waals surface area contributed by atoms with Crippen LogP contribution >= 0.6 is 11.8 Å². The Hall–Kier alpha value is -0.750. The Morgan fingerprint density at radius 2 is 2.05 bits per heavy atom. The van der Waals surface area contributed by atoms with Crippen LogP contribution in [-0.4, -0.2) is 59.7 Å². The lowest BCUT2D eigenvalue weighted by Crippen LogP contribution is -2.42. The molecule has 1 amide bonds. The number of carbonyl (C=O) groups is 2. The van der Waals surface area contributed by atoms with Gasteiger partial charge in [0.15, 0.2) is 0 Å². The molecule has 0 bridgehead atoms. The first-order valence-corrected chi connectivity index (χ1v) is 8.88. The largest absolute Gasteiger partial charge is 0.481 e. The smallest absolute Gasteiger partial charge is 0.308 e. The zero-order chi connectivity index (χ0) is 15.7. The maximum Gasteiger partial charge on any atom is 0.308 e. The lowest BCUT2D eigenvalue weighted by atomic mass is 10.00. The molecule has 1 unspecified atom stereocenters. The summed E-state index contributed by atoms with van der Waals surface area (Å²) in [6.07, 6.45) is 2.58. The van der Waals surface area contributed by atoms with Gasteiger partial charge in [0, 0.05) is 32.2 Å². The standard InChI is InChI=1S/C15H27NO4S/c1-3-20-8-4-7-16(11-12(2)15(18)19)14(17)13-5-9-21-10-6-13/h12-13H,3-11H2,1-2H3,(H,18,19). The van der Waals surface area contributed by atoms with Gasteiger partial charge in [-0.15, -0.1) is 0 Å². The van der Waals surface area contributed by atoms with Gasteiger partial charge in [0.25, 0.3) is 0 Å². The highest BCUT2D eigenvalue weighted by molar-refractivity contribution is 7.99. The van der Waals surface area contributed by atoms with Crippen LogP contribution in [0.1, 0.15) is 33.1 Å². The number of carboxylic acids is 1. The van der Waals surface area contributed by atoms with Gasteiger partial charge in [-0.05, 0) is 37.7 Å². The number of hydrogen-bond donors (Lipinski definition) is 1. The van der Waals surface area contributed by atoms with E-state index in [1.807, 2.05) is 18.7 Å². The van der Waals surface area contributed by atoms with Gasteiger partial charge < -0.3 is 14.7 Å². The summed E-state index contributed by atoms with van der Waals surface area (Å²) in [5.41, 5.74) is 0. The molecule has 1 atom stereocenters. The molecular weight excluding hydrogens is 290 g/mol. The summed E-state index contributed by atoms with van der Waals surface area (Å²) in [5.74, 6) is 0.866. The molecule has 5 nitrogen and oxygen atoms in total. The molecule has 0 aromatic heterocycles. The minimum atomic E-state index is -0.850. The zero-order valence-electron chi connectivity index (χ0n) is 13.0. The molecule has 0 aliphatic carbocycles. The summed E-state index contributed by atoms with van der Waals surface area (Å²) >= 11 is 1.89. The zero-order valence-corrected chi connectivity index (χ0v) is 13.9. The first-order valence-electron chi connectivity index (χ1n) is 7.73. The number of rotatable bonds is 9. The van der Waals surface area contributed by atoms with Crippen molar-refractivity contribution in [3.63, 3.8) is 0 Å². The van der Waals surface area contributed by atoms with Crippen LogP contribution in [0.15, 0.2) is 0 Å². The molecule has 0 radical (unpaired) electrons. The summed E-state index contributed by atoms with van der Waals surface area (Å²) < 4.78 is 5.30. The lowest BCUT2D eigenvalue weighted by Gasteiger charge is -2.30. The molecule has 1 N–H and O–H groups in total. The molecule has 122 valence electrons. The van der Waals surface area contributed by atoms with Gasteiger partial charge in [-0.3, -0.25) is 9.59 Å². The quantitative estimate of drug-likeness (QED) is 0.660. The third kappa shape index (κ3) is 6.70. The maximum absolute atomic E-state index is 12.6. The van der Waals surface area contributed by atoms with E-state index in [4.69, 9.17) is 9.84 Å². The summed E-state index contributed by atoms with van der Waals surface area (Å²) in [4.78, 5) is 25.4. The van der Waals surface area contributed by atoms with Gasteiger partial charge in [-0.25, -0.2) is 0 Å². The molecule has 6 heteroatoms. The Morgan fingerprint density at radius 1 is 1.38 bits per heavy atom. The second-order valence-electron chi connectivity index (χ2n) is 5.46. The molecule has 1 heterocycles. The number of amides is 1. The Bertz CT molecular complexity index is 332. The number of thioether (sulfide) groups is 1. The Balaban J connectivity index is 2.55. The highest BCUT2D eigenvalue weighted by atomic mass is 32.2. The lowest BCUT2D eigenvalue weighted by molar-refractivity contribution is -0.144. The summed E-state index contributed by atoms with van der Waals surface area (Å²) in [6.45, 7) is 5.75. The van der Waals surface area contributed by atoms with Crippen molar-refractivity contribution in [1.29, 1.82) is 0 Å². The molecule has 0 aromatic rings. The van der Waals surface area contributed by atoms with Crippen molar-refractivity contribution < 1.29 is 19.4 Å². The van der Waals surface area contributed by atoms with E-state index in [2.05, 4.69) is 0 Å². The Labute approximate surface area is 131 Å². The van der Waals surface area contributed by atoms with Gasteiger partial charge in [-0.2, -0.15) is 11.8 Å². The number of carboxylic acid groups (broad SMARTS) is 1. The van der Waals surface area contributed by atoms with E-state index in [9.17, 15) is 9.59 Å². The van der Waals surface area contributed by atoms with E-state index in [1.165, 1.54) is 0 Å². The van der Waals surface area contributed by atoms with E-state index in [0.29, 0.717) is 26.3 Å². The van der Waals surface area contributed by atoms with E-state index < -0.39 is 11.9 Å². The molecular formula is C15H27NO4S. The maximum atomic E-state index is 12.6. The number of aliphatic carboxylic acids is 1. The minimum absolute atomic E-state index is 0.0688. The van der Waals surface area contributed by atoms with E-state index >= 15 is 0 Å². The van der Waals surface area contributed by atoms with Crippen molar-refractivity contribution in [1.82, 2.24) is 4.90 Å². The third-order valence-electron chi connectivity index (χ3n) is 3.72. The molecule has 1 aliphatic rings. The van der Waals surface area contributed by atoms with E-state index in [-0.39, 0.29) is 11.8 Å². The second kappa shape index (κ2) is 10.1. The highest BCUT2D eigenvalue weighted by Crippen LogP contribution is 2.25. The van der Waals surface area contributed by atoms with Crippen molar-refractivity contribution >= 4 is 23.6 Å². The number of hydrogen-bond acceptors (Lipinski definition) is 4. The fourth-order valence-corrected chi connectivity index (χ4v) is 3.51. The Morgan fingerprint density at radius 3 is 2.62 bits per heavy atom. The van der Waals surface area contributed by atoms with Crippen molar-refractivity contribution in [2.75, 3.05) is 37.8 Å². The van der Waals surface area contributed by atoms with Crippen molar-refractivity contribution in [2.45, 2.75) is 33.1 Å². The number of ether oxygens (including phenoxy) is 1. The first kappa shape index (κ1) is 18.3. The molecule has 0 aromatic carbocycles. The fourth-order valence-electron chi connectivity index (χ4n) is 2.40. The molecule has 1 saturated heterocycles. The normalized spacial score (nSPS) is 17.4. The number of nitrogens with zero attached hydrogens (tertiary/aromatic N) is 1. The molecule has 1 fully saturated rings. The SMILES string of the molecule is CCOCCCN(CC(C)C(=O)O)C(=O)C1CCSCC1. The summed E-state index contributed by atoms with van der Waals surface area (Å²) in [6, 6.07) is 0. The molecule has 0 saturated carbocycles. The molecule has 1 aliphatic heterocycles. The van der Waals surface area contributed by atoms with Crippen LogP contribution in [0.4, 0.5) is 0 Å². The predicted octanol–water partition coefficient (Wildman–Crippen LogP) is 2.11. The van der Waals surface area contributed by atoms with Crippen molar-refractivity contribution in [2.24, 2.45) is 11.8 Å². The van der Waals surface area contributed by atoms with Crippen LogP contribution in [0.5, 0.6) is 0 Å². The topological polar surface area (TPSA) is 66.8 Å². The average Bonchev–Trinajstić information content (AvgIpc) is 2.50. The minimum Gasteiger partial charge on any atom is -0.481 e. The van der Waals surface area contributed by atoms with Crippen LogP contribution in [-0.2, 0) is 14.3 Å². The highest BCUT2D eigenvalue weighted by Gasteiger charge is 2.28. The molecule has 1 rings (SSSR count). The van der Waals surface area contributed by atoms with E-state index in [1.54, 1.807) is 11.8 Å². The Kier molecular flexibility index (Phi) is 8.76. The monoisotopic (exact) mass is 317 g/mol. The van der Waals surface area contributed by atoms with Gasteiger partial charge in [0.05, 0.1) is 5.92 Å². The number of carbonyl (C=O) groups excluding carboxylic acids is 1. The van der Waals surface area contributed by atoms with Crippen molar-refractivity contribution in [3.05, 3.63) is 0 Å². The van der Waals surface area contributed by atoms with Gasteiger partial charge in [-0.1, -0.05) is 6.92 Å². The summed E-state index contributed by atoms with van der Waals surface area (Å²) in [7, 11) is 0. The third-order valence-corrected chi connectivity index (χ3v) is 4.77. The van der Waals surface area contributed by atoms with Crippen LogP contribution in [0, 0.1) is 11.8 Å². The first-order chi connectivity index (χ1) is 10.1. The van der Waals surface area contributed by atoms with Crippen LogP contribution in [0.2, 0.25) is 0 Å². The van der Waals surface area contributed by atoms with Gasteiger partial charge in [0.1, 0.15) is 0 Å². The van der Waals surface area contributed by atoms with Crippen LogP contribution < -0.4 is 0 Å². The van der Waals surface area contributed by atoms with Crippen molar-refractivity contribution in [3.8, 4) is 0 Å². The molecule has 21 heavy (non-hydrogen) atoms. The van der Waals surface area contributed by atoms with Crippen LogP contribution in [0.3, 0.4) is 0 Å². The molecule has 0 spiro atoms. The van der Waals surface area contributed by atoms with Gasteiger partial charge in [0.2, 0.25) is 5.91 Å². The average molecular weight is 317 g/mol. The van der Waals surface area contributed by atoms with Crippen LogP contribution in [0.25, 0.3) is 0 Å². The second-order valence-corrected chi connectivity index (χ2v) is 6.69. The predicted molar refractivity (Wildman–Crippen MR) is 84.5 cm³/mol. The fraction of sp³-hybridized carbons (Fsp3) is 0.867. The van der Waals surface area contributed by atoms with E-state index in [0.717, 1.165) is 30.8 Å². The van der Waals surface area contributed by atoms with Gasteiger partial charge >= 0.3 is 5.97 Å².